The van der Waals surface area contributed by atoms with Crippen molar-refractivity contribution in [2.75, 3.05) is 13.2 Å². The quantitative estimate of drug-likeness (QED) is 0.851. The summed E-state index contributed by atoms with van der Waals surface area (Å²) < 4.78 is 19.7. The van der Waals surface area contributed by atoms with Gasteiger partial charge in [-0.3, -0.25) is 0 Å². The zero-order chi connectivity index (χ0) is 12.9. The van der Waals surface area contributed by atoms with E-state index in [1.165, 1.54) is 19.1 Å². The van der Waals surface area contributed by atoms with Gasteiger partial charge in [-0.1, -0.05) is 22.0 Å². The fraction of sp³-hybridized carbons (Fsp3) is 0.417. The molecule has 17 heavy (non-hydrogen) atoms. The maximum absolute atomic E-state index is 13.7. The predicted octanol–water partition coefficient (Wildman–Crippen LogP) is 2.73. The molecule has 0 saturated carbocycles. The fourth-order valence-electron chi connectivity index (χ4n) is 1.39. The standard InChI is InChI=1S/C12H13BrFNO2/c1-12(8-15,17-6-2-5-16)10-4-3-9(13)7-11(10)14/h3-4,7,16H,2,5-6H2,1H3. The van der Waals surface area contributed by atoms with Crippen LogP contribution in [0.25, 0.3) is 0 Å². The van der Waals surface area contributed by atoms with Crippen molar-refractivity contribution in [1.82, 2.24) is 0 Å². The summed E-state index contributed by atoms with van der Waals surface area (Å²) in [6.45, 7) is 1.69. The number of aliphatic hydroxyl groups is 1. The summed E-state index contributed by atoms with van der Waals surface area (Å²) in [4.78, 5) is 0. The molecule has 0 saturated heterocycles. The van der Waals surface area contributed by atoms with Crippen LogP contribution in [-0.4, -0.2) is 18.3 Å². The Balaban J connectivity index is 2.96. The van der Waals surface area contributed by atoms with E-state index in [-0.39, 0.29) is 18.8 Å². The van der Waals surface area contributed by atoms with Gasteiger partial charge >= 0.3 is 0 Å². The number of nitriles is 1. The van der Waals surface area contributed by atoms with Gasteiger partial charge < -0.3 is 9.84 Å². The lowest BCUT2D eigenvalue weighted by Crippen LogP contribution is -2.26. The highest BCUT2D eigenvalue weighted by Crippen LogP contribution is 2.29. The van der Waals surface area contributed by atoms with Crippen molar-refractivity contribution in [3.05, 3.63) is 34.1 Å². The van der Waals surface area contributed by atoms with Gasteiger partial charge in [-0.25, -0.2) is 4.39 Å². The lowest BCUT2D eigenvalue weighted by atomic mass is 9.97. The molecule has 1 aromatic rings. The molecule has 0 heterocycles. The van der Waals surface area contributed by atoms with Crippen molar-refractivity contribution in [3.8, 4) is 6.07 Å². The van der Waals surface area contributed by atoms with Crippen molar-refractivity contribution >= 4 is 15.9 Å². The monoisotopic (exact) mass is 301 g/mol. The lowest BCUT2D eigenvalue weighted by Gasteiger charge is -2.23. The van der Waals surface area contributed by atoms with Crippen LogP contribution in [0.2, 0.25) is 0 Å². The zero-order valence-electron chi connectivity index (χ0n) is 9.41. The molecular weight excluding hydrogens is 289 g/mol. The van der Waals surface area contributed by atoms with E-state index in [2.05, 4.69) is 15.9 Å². The number of rotatable bonds is 5. The van der Waals surface area contributed by atoms with Gasteiger partial charge in [0.15, 0.2) is 5.60 Å². The van der Waals surface area contributed by atoms with Crippen LogP contribution in [0.1, 0.15) is 18.9 Å². The molecule has 5 heteroatoms. The smallest absolute Gasteiger partial charge is 0.179 e. The summed E-state index contributed by atoms with van der Waals surface area (Å²) >= 11 is 3.15. The molecule has 0 aliphatic heterocycles. The van der Waals surface area contributed by atoms with E-state index in [1.54, 1.807) is 6.07 Å². The number of hydrogen-bond donors (Lipinski definition) is 1. The summed E-state index contributed by atoms with van der Waals surface area (Å²) in [5, 5.41) is 17.8. The molecule has 0 amide bonds. The van der Waals surface area contributed by atoms with Crippen LogP contribution in [0, 0.1) is 17.1 Å². The summed E-state index contributed by atoms with van der Waals surface area (Å²) in [5.74, 6) is -0.493. The first-order valence-corrected chi connectivity index (χ1v) is 5.94. The Morgan fingerprint density at radius 2 is 2.29 bits per heavy atom. The highest BCUT2D eigenvalue weighted by Gasteiger charge is 2.30. The van der Waals surface area contributed by atoms with Crippen molar-refractivity contribution in [3.63, 3.8) is 0 Å². The van der Waals surface area contributed by atoms with E-state index in [0.29, 0.717) is 10.9 Å². The van der Waals surface area contributed by atoms with Crippen molar-refractivity contribution in [1.29, 1.82) is 5.26 Å². The van der Waals surface area contributed by atoms with Crippen molar-refractivity contribution in [2.24, 2.45) is 0 Å². The molecule has 1 rings (SSSR count). The molecule has 0 fully saturated rings. The van der Waals surface area contributed by atoms with Crippen LogP contribution in [0.15, 0.2) is 22.7 Å². The molecule has 0 spiro atoms. The van der Waals surface area contributed by atoms with Gasteiger partial charge in [0, 0.05) is 16.6 Å². The Morgan fingerprint density at radius 1 is 1.59 bits per heavy atom. The van der Waals surface area contributed by atoms with E-state index in [1.807, 2.05) is 6.07 Å². The third-order valence-electron chi connectivity index (χ3n) is 2.35. The molecule has 0 bridgehead atoms. The summed E-state index contributed by atoms with van der Waals surface area (Å²) in [6.07, 6.45) is 0.412. The molecule has 3 nitrogen and oxygen atoms in total. The van der Waals surface area contributed by atoms with Crippen LogP contribution in [0.4, 0.5) is 4.39 Å². The minimum atomic E-state index is -1.33. The van der Waals surface area contributed by atoms with Gasteiger partial charge in [0.05, 0.1) is 6.61 Å². The topological polar surface area (TPSA) is 53.2 Å². The summed E-state index contributed by atoms with van der Waals surface area (Å²) in [6, 6.07) is 6.42. The SMILES string of the molecule is CC(C#N)(OCCCO)c1ccc(Br)cc1F. The Kier molecular flexibility index (Phi) is 5.06. The van der Waals surface area contributed by atoms with E-state index in [0.717, 1.165) is 0 Å². The van der Waals surface area contributed by atoms with Gasteiger partial charge in [0.2, 0.25) is 0 Å². The third-order valence-corrected chi connectivity index (χ3v) is 2.84. The molecular formula is C12H13BrFNO2. The summed E-state index contributed by atoms with van der Waals surface area (Å²) in [7, 11) is 0. The fourth-order valence-corrected chi connectivity index (χ4v) is 1.72. The molecule has 1 N–H and O–H groups in total. The van der Waals surface area contributed by atoms with E-state index >= 15 is 0 Å². The highest BCUT2D eigenvalue weighted by atomic mass is 79.9. The van der Waals surface area contributed by atoms with Crippen LogP contribution in [-0.2, 0) is 10.3 Å². The molecule has 1 aromatic carbocycles. The van der Waals surface area contributed by atoms with Crippen molar-refractivity contribution in [2.45, 2.75) is 18.9 Å². The maximum atomic E-state index is 13.7. The summed E-state index contributed by atoms with van der Waals surface area (Å²) in [5.41, 5.74) is -1.14. The minimum absolute atomic E-state index is 0.0235. The Morgan fingerprint density at radius 3 is 2.82 bits per heavy atom. The molecule has 1 unspecified atom stereocenters. The first-order chi connectivity index (χ1) is 8.03. The number of aliphatic hydroxyl groups excluding tert-OH is 1. The Labute approximate surface area is 108 Å². The van der Waals surface area contributed by atoms with Gasteiger partial charge in [0.1, 0.15) is 11.9 Å². The number of ether oxygens (including phenoxy) is 1. The number of benzene rings is 1. The maximum Gasteiger partial charge on any atom is 0.179 e. The average Bonchev–Trinajstić information content (AvgIpc) is 2.29. The molecule has 0 radical (unpaired) electrons. The van der Waals surface area contributed by atoms with Crippen LogP contribution in [0.3, 0.4) is 0 Å². The van der Waals surface area contributed by atoms with Gasteiger partial charge in [-0.2, -0.15) is 5.26 Å². The lowest BCUT2D eigenvalue weighted by molar-refractivity contribution is -0.000765. The Bertz CT molecular complexity index is 433. The second-order valence-corrected chi connectivity index (χ2v) is 4.61. The highest BCUT2D eigenvalue weighted by molar-refractivity contribution is 9.10. The number of nitrogens with zero attached hydrogens (tertiary/aromatic N) is 1. The molecule has 0 aliphatic carbocycles. The van der Waals surface area contributed by atoms with Crippen LogP contribution in [0.5, 0.6) is 0 Å². The second kappa shape index (κ2) is 6.10. The third kappa shape index (κ3) is 3.50. The van der Waals surface area contributed by atoms with E-state index < -0.39 is 11.4 Å². The zero-order valence-corrected chi connectivity index (χ0v) is 11.0. The van der Waals surface area contributed by atoms with E-state index in [4.69, 9.17) is 15.1 Å². The molecule has 0 aromatic heterocycles. The molecule has 92 valence electrons. The second-order valence-electron chi connectivity index (χ2n) is 3.69. The number of halogens is 2. The number of hydrogen-bond acceptors (Lipinski definition) is 3. The van der Waals surface area contributed by atoms with Crippen molar-refractivity contribution < 1.29 is 14.2 Å². The predicted molar refractivity (Wildman–Crippen MR) is 64.7 cm³/mol. The van der Waals surface area contributed by atoms with Crippen LogP contribution < -0.4 is 0 Å². The van der Waals surface area contributed by atoms with Gasteiger partial charge in [0.25, 0.3) is 0 Å². The largest absolute Gasteiger partial charge is 0.396 e. The first-order valence-electron chi connectivity index (χ1n) is 5.15. The minimum Gasteiger partial charge on any atom is -0.396 e. The first kappa shape index (κ1) is 14.1. The Hall–Kier alpha value is -0.960. The average molecular weight is 302 g/mol. The van der Waals surface area contributed by atoms with E-state index in [9.17, 15) is 4.39 Å². The molecule has 1 atom stereocenters. The molecule has 0 aliphatic rings. The normalized spacial score (nSPS) is 14.1. The van der Waals surface area contributed by atoms with Gasteiger partial charge in [-0.15, -0.1) is 0 Å². The van der Waals surface area contributed by atoms with Gasteiger partial charge in [-0.05, 0) is 25.5 Å². The van der Waals surface area contributed by atoms with Crippen LogP contribution >= 0.6 is 15.9 Å².